The monoisotopic (exact) mass is 606 g/mol. The summed E-state index contributed by atoms with van der Waals surface area (Å²) in [6.45, 7) is 0. The van der Waals surface area contributed by atoms with Crippen LogP contribution in [0, 0.1) is 0 Å². The normalized spacial score (nSPS) is 12.0. The molecule has 46 heavy (non-hydrogen) atoms. The van der Waals surface area contributed by atoms with Crippen LogP contribution in [0.1, 0.15) is 0 Å². The molecule has 2 heterocycles. The van der Waals surface area contributed by atoms with Gasteiger partial charge in [0.05, 0.1) is 0 Å². The molecule has 0 radical (unpaired) electrons. The molecule has 0 atom stereocenters. The summed E-state index contributed by atoms with van der Waals surface area (Å²) in [5, 5.41) is 5.64. The third-order valence-corrected chi connectivity index (χ3v) is 12.0. The van der Waals surface area contributed by atoms with Gasteiger partial charge in [-0.25, -0.2) is 0 Å². The first-order valence-electron chi connectivity index (χ1n) is 15.4. The second kappa shape index (κ2) is 10.5. The number of nitrogens with zero attached hydrogens (tertiary/aromatic N) is 2. The molecule has 0 fully saturated rings. The van der Waals surface area contributed by atoms with Gasteiger partial charge in [-0.15, -0.1) is 0 Å². The number of rotatable bonds is 5. The highest BCUT2D eigenvalue weighted by atomic mass is 31.2. The predicted molar refractivity (Wildman–Crippen MR) is 192 cm³/mol. The average Bonchev–Trinajstić information content (AvgIpc) is 3.46. The topological polar surface area (TPSA) is 42.9 Å². The van der Waals surface area contributed by atoms with Crippen molar-refractivity contribution in [2.75, 3.05) is 0 Å². The van der Waals surface area contributed by atoms with E-state index in [-0.39, 0.29) is 0 Å². The molecule has 0 saturated carbocycles. The summed E-state index contributed by atoms with van der Waals surface area (Å²) in [6.07, 6.45) is 3.39. The van der Waals surface area contributed by atoms with Gasteiger partial charge in [-0.1, -0.05) is 127 Å². The van der Waals surface area contributed by atoms with Crippen LogP contribution in [0.25, 0.3) is 66.1 Å². The van der Waals surface area contributed by atoms with E-state index in [0.717, 1.165) is 5.56 Å². The summed E-state index contributed by atoms with van der Waals surface area (Å²) in [4.78, 5) is 9.10. The molecule has 6 aromatic carbocycles. The van der Waals surface area contributed by atoms with Crippen molar-refractivity contribution in [1.82, 2.24) is 9.97 Å². The summed E-state index contributed by atoms with van der Waals surface area (Å²) in [7, 11) is -3.31. The van der Waals surface area contributed by atoms with Crippen molar-refractivity contribution in [1.29, 1.82) is 0 Å². The van der Waals surface area contributed by atoms with Crippen LogP contribution in [-0.4, -0.2) is 9.97 Å². The lowest BCUT2D eigenvalue weighted by molar-refractivity contribution is 0.591. The first-order valence-corrected chi connectivity index (χ1v) is 17.1. The van der Waals surface area contributed by atoms with Gasteiger partial charge in [-0.3, -0.25) is 9.97 Å². The van der Waals surface area contributed by atoms with E-state index in [4.69, 9.17) is 0 Å². The van der Waals surface area contributed by atoms with Crippen molar-refractivity contribution in [2.45, 2.75) is 0 Å². The first-order chi connectivity index (χ1) is 22.7. The number of aromatic nitrogens is 2. The van der Waals surface area contributed by atoms with Crippen molar-refractivity contribution in [3.8, 4) is 44.5 Å². The number of benzene rings is 6. The average molecular weight is 607 g/mol. The third kappa shape index (κ3) is 3.89. The number of fused-ring (bicyclic) bond motifs is 4. The molecular formula is C42H27N2OP. The predicted octanol–water partition coefficient (Wildman–Crippen LogP) is 9.40. The Morgan fingerprint density at radius 1 is 0.413 bits per heavy atom. The molecule has 8 aromatic rings. The first kappa shape index (κ1) is 26.7. The smallest absolute Gasteiger partial charge is 0.205 e. The summed E-state index contributed by atoms with van der Waals surface area (Å²) in [5.41, 5.74) is 10.8. The van der Waals surface area contributed by atoms with E-state index in [1.165, 1.54) is 60.5 Å². The molecule has 1 aliphatic rings. The van der Waals surface area contributed by atoms with Gasteiger partial charge in [0, 0.05) is 17.7 Å². The molecule has 0 amide bonds. The van der Waals surface area contributed by atoms with Crippen LogP contribution in [0.5, 0.6) is 0 Å². The Labute approximate surface area is 267 Å². The van der Waals surface area contributed by atoms with Crippen molar-refractivity contribution in [3.05, 3.63) is 164 Å². The molecule has 0 saturated heterocycles. The lowest BCUT2D eigenvalue weighted by atomic mass is 9.82. The fraction of sp³-hybridized carbons (Fsp3) is 0. The molecule has 0 unspecified atom stereocenters. The van der Waals surface area contributed by atoms with Gasteiger partial charge in [-0.05, 0) is 90.3 Å². The highest BCUT2D eigenvalue weighted by Crippen LogP contribution is 2.57. The van der Waals surface area contributed by atoms with Crippen molar-refractivity contribution < 1.29 is 4.57 Å². The SMILES string of the molecule is O=P(c1ccc(-c2c3c(c(-c4ccccc4)c4ccccc24)-c2cccc4cccc-3c24)cc1)(c1ccccn1)c1ccccn1. The van der Waals surface area contributed by atoms with Crippen LogP contribution < -0.4 is 16.2 Å². The van der Waals surface area contributed by atoms with Crippen LogP contribution in [0.15, 0.2) is 164 Å². The van der Waals surface area contributed by atoms with Gasteiger partial charge in [-0.2, -0.15) is 0 Å². The molecule has 3 nitrogen and oxygen atoms in total. The zero-order valence-corrected chi connectivity index (χ0v) is 25.7. The fourth-order valence-corrected chi connectivity index (χ4v) is 9.62. The van der Waals surface area contributed by atoms with Gasteiger partial charge in [0.2, 0.25) is 7.14 Å². The van der Waals surface area contributed by atoms with Crippen LogP contribution in [0.4, 0.5) is 0 Å². The quantitative estimate of drug-likeness (QED) is 0.183. The largest absolute Gasteiger partial charge is 0.305 e. The van der Waals surface area contributed by atoms with Crippen LogP contribution in [-0.2, 0) is 4.57 Å². The van der Waals surface area contributed by atoms with E-state index < -0.39 is 7.14 Å². The Morgan fingerprint density at radius 3 is 1.43 bits per heavy atom. The standard InChI is InChI=1S/C42H27N2OP/c45-46(36-20-6-8-26-43-36,37-21-7-9-27-44-37)31-24-22-30(23-25-31)40-33-17-5-4-16-32(33)39(29-12-2-1-3-13-29)41-34-18-10-14-28-15-11-19-35(38(28)34)42(40)41/h1-27H. The molecule has 0 spiro atoms. The molecular weight excluding hydrogens is 579 g/mol. The minimum absolute atomic E-state index is 0.530. The Morgan fingerprint density at radius 2 is 0.913 bits per heavy atom. The van der Waals surface area contributed by atoms with Crippen molar-refractivity contribution in [3.63, 3.8) is 0 Å². The van der Waals surface area contributed by atoms with Gasteiger partial charge in [0.1, 0.15) is 10.9 Å². The van der Waals surface area contributed by atoms with E-state index in [9.17, 15) is 0 Å². The number of hydrogen-bond donors (Lipinski definition) is 0. The maximum absolute atomic E-state index is 15.0. The number of hydrogen-bond acceptors (Lipinski definition) is 3. The lowest BCUT2D eigenvalue weighted by Crippen LogP contribution is -2.28. The molecule has 0 aliphatic heterocycles. The molecule has 1 aliphatic carbocycles. The van der Waals surface area contributed by atoms with Gasteiger partial charge < -0.3 is 4.57 Å². The van der Waals surface area contributed by atoms with Crippen LogP contribution in [0.2, 0.25) is 0 Å². The summed E-state index contributed by atoms with van der Waals surface area (Å²) in [6, 6.07) is 52.2. The maximum Gasteiger partial charge on any atom is 0.205 e. The zero-order valence-electron chi connectivity index (χ0n) is 24.8. The van der Waals surface area contributed by atoms with E-state index >= 15 is 4.57 Å². The second-order valence-corrected chi connectivity index (χ2v) is 14.3. The summed E-state index contributed by atoms with van der Waals surface area (Å²) >= 11 is 0. The Kier molecular flexibility index (Phi) is 6.09. The molecule has 4 heteroatoms. The Balaban J connectivity index is 1.34. The van der Waals surface area contributed by atoms with Crippen LogP contribution >= 0.6 is 7.14 Å². The Hall–Kier alpha value is -5.63. The zero-order chi connectivity index (χ0) is 30.7. The Bertz CT molecular complexity index is 2430. The molecule has 0 bridgehead atoms. The fourth-order valence-electron chi connectivity index (χ4n) is 7.24. The van der Waals surface area contributed by atoms with E-state index in [1.807, 2.05) is 48.5 Å². The highest BCUT2D eigenvalue weighted by molar-refractivity contribution is 7.84. The minimum atomic E-state index is -3.31. The summed E-state index contributed by atoms with van der Waals surface area (Å²) < 4.78 is 15.0. The van der Waals surface area contributed by atoms with Gasteiger partial charge in [0.15, 0.2) is 0 Å². The minimum Gasteiger partial charge on any atom is -0.305 e. The maximum atomic E-state index is 15.0. The van der Waals surface area contributed by atoms with Crippen LogP contribution in [0.3, 0.4) is 0 Å². The number of pyridine rings is 2. The van der Waals surface area contributed by atoms with Crippen molar-refractivity contribution in [2.24, 2.45) is 0 Å². The molecule has 9 rings (SSSR count). The lowest BCUT2D eigenvalue weighted by Gasteiger charge is -2.21. The van der Waals surface area contributed by atoms with E-state index in [2.05, 4.69) is 113 Å². The molecule has 216 valence electrons. The van der Waals surface area contributed by atoms with Crippen molar-refractivity contribution >= 4 is 44.9 Å². The third-order valence-electron chi connectivity index (χ3n) is 9.18. The summed E-state index contributed by atoms with van der Waals surface area (Å²) in [5.74, 6) is 0. The van der Waals surface area contributed by atoms with Gasteiger partial charge >= 0.3 is 0 Å². The van der Waals surface area contributed by atoms with E-state index in [0.29, 0.717) is 16.2 Å². The molecule has 0 N–H and O–H groups in total. The molecule has 2 aromatic heterocycles. The van der Waals surface area contributed by atoms with Gasteiger partial charge in [0.25, 0.3) is 0 Å². The highest BCUT2D eigenvalue weighted by Gasteiger charge is 2.34. The second-order valence-electron chi connectivity index (χ2n) is 11.7. The van der Waals surface area contributed by atoms with E-state index in [1.54, 1.807) is 12.4 Å².